The van der Waals surface area contributed by atoms with Crippen LogP contribution in [-0.2, 0) is 28.7 Å². The van der Waals surface area contributed by atoms with E-state index in [0.717, 1.165) is 0 Å². The number of thioether (sulfide) groups is 1. The maximum absolute atomic E-state index is 13.2. The number of rotatable bonds is 8. The Bertz CT molecular complexity index is 1150. The van der Waals surface area contributed by atoms with Crippen LogP contribution >= 0.6 is 24.2 Å². The van der Waals surface area contributed by atoms with E-state index in [-0.39, 0.29) is 43.8 Å². The molecule has 39 heavy (non-hydrogen) atoms. The standard InChI is InChI=1S/C25H31N3O9S.ClH/c1-24(2)17(22(34)37-11-25(23(35)36)9-7-13(8-10-25)21(32)33)28-19(31)16(20(28)38-24)27-18(30)15(26)12-3-5-14(29)6-4-12;/h3-6,13,15-17,20,29H,7-11,26H2,1-2H3,(H,27,30)(H,32,33)(H,35,36);1H/t13?,15?,16-,17+,20-,25?;/m1./s1. The lowest BCUT2D eigenvalue weighted by molar-refractivity contribution is -0.172. The summed E-state index contributed by atoms with van der Waals surface area (Å²) in [5.41, 5.74) is 5.09. The number of hydrogen-bond acceptors (Lipinski definition) is 9. The highest BCUT2D eigenvalue weighted by atomic mass is 35.5. The number of esters is 1. The van der Waals surface area contributed by atoms with Crippen molar-refractivity contribution < 1.29 is 44.0 Å². The van der Waals surface area contributed by atoms with Crippen LogP contribution in [-0.4, -0.2) is 78.8 Å². The zero-order chi connectivity index (χ0) is 28.0. The van der Waals surface area contributed by atoms with E-state index in [2.05, 4.69) is 5.32 Å². The van der Waals surface area contributed by atoms with Crippen LogP contribution in [0.1, 0.15) is 51.1 Å². The number of amides is 2. The molecule has 0 radical (unpaired) electrons. The number of carbonyl (C=O) groups is 5. The predicted octanol–water partition coefficient (Wildman–Crippen LogP) is 1.25. The molecule has 12 nitrogen and oxygen atoms in total. The van der Waals surface area contributed by atoms with E-state index in [9.17, 15) is 39.3 Å². The fourth-order valence-electron chi connectivity index (χ4n) is 5.33. The van der Waals surface area contributed by atoms with Gasteiger partial charge in [0, 0.05) is 4.75 Å². The predicted molar refractivity (Wildman–Crippen MR) is 141 cm³/mol. The number of aliphatic carboxylic acids is 2. The molecule has 6 N–H and O–H groups in total. The van der Waals surface area contributed by atoms with Gasteiger partial charge in [-0.25, -0.2) is 4.79 Å². The van der Waals surface area contributed by atoms with Crippen molar-refractivity contribution >= 4 is 53.9 Å². The fraction of sp³-hybridized carbons (Fsp3) is 0.560. The first-order chi connectivity index (χ1) is 17.8. The van der Waals surface area contributed by atoms with Crippen LogP contribution in [0.4, 0.5) is 0 Å². The molecule has 1 unspecified atom stereocenters. The Morgan fingerprint density at radius 3 is 2.28 bits per heavy atom. The van der Waals surface area contributed by atoms with E-state index in [0.29, 0.717) is 5.56 Å². The van der Waals surface area contributed by atoms with Crippen LogP contribution < -0.4 is 11.1 Å². The van der Waals surface area contributed by atoms with E-state index in [1.807, 2.05) is 0 Å². The SMILES string of the molecule is CC1(C)S[C@@H]2[C@H](NC(=O)C(N)c3ccc(O)cc3)C(=O)N2[C@H]1C(=O)OCC1(C(=O)O)CCC(C(=O)O)CC1.Cl. The van der Waals surface area contributed by atoms with Crippen LogP contribution in [0.2, 0.25) is 0 Å². The van der Waals surface area contributed by atoms with E-state index in [4.69, 9.17) is 10.5 Å². The molecule has 1 aromatic carbocycles. The van der Waals surface area contributed by atoms with Gasteiger partial charge < -0.3 is 36.0 Å². The zero-order valence-corrected chi connectivity index (χ0v) is 23.0. The van der Waals surface area contributed by atoms with Crippen molar-refractivity contribution in [1.29, 1.82) is 0 Å². The minimum atomic E-state index is -1.38. The molecule has 2 saturated heterocycles. The van der Waals surface area contributed by atoms with E-state index in [1.54, 1.807) is 13.8 Å². The summed E-state index contributed by atoms with van der Waals surface area (Å²) >= 11 is 1.32. The van der Waals surface area contributed by atoms with Gasteiger partial charge in [-0.05, 0) is 57.2 Å². The molecular formula is C25H32ClN3O9S. The number of carbonyl (C=O) groups excluding carboxylic acids is 3. The van der Waals surface area contributed by atoms with Gasteiger partial charge in [0.1, 0.15) is 41.3 Å². The Hall–Kier alpha value is -3.03. The van der Waals surface area contributed by atoms with Gasteiger partial charge in [0.25, 0.3) is 0 Å². The van der Waals surface area contributed by atoms with Gasteiger partial charge >= 0.3 is 17.9 Å². The summed E-state index contributed by atoms with van der Waals surface area (Å²) in [6.07, 6.45) is 0.473. The molecule has 4 atom stereocenters. The van der Waals surface area contributed by atoms with Gasteiger partial charge in [-0.15, -0.1) is 24.2 Å². The third-order valence-electron chi connectivity index (χ3n) is 7.73. The molecule has 1 saturated carbocycles. The van der Waals surface area contributed by atoms with Crippen LogP contribution in [0.15, 0.2) is 24.3 Å². The highest BCUT2D eigenvalue weighted by molar-refractivity contribution is 8.01. The second-order valence-corrected chi connectivity index (χ2v) is 12.4. The summed E-state index contributed by atoms with van der Waals surface area (Å²) in [6.45, 7) is 3.11. The Labute approximate surface area is 235 Å². The molecule has 1 aromatic rings. The molecule has 4 rings (SSSR count). The van der Waals surface area contributed by atoms with Gasteiger partial charge in [0.15, 0.2) is 0 Å². The van der Waals surface area contributed by atoms with Crippen molar-refractivity contribution in [3.63, 3.8) is 0 Å². The minimum absolute atomic E-state index is 0. The average Bonchev–Trinajstić information content (AvgIpc) is 3.13. The Morgan fingerprint density at radius 2 is 1.74 bits per heavy atom. The molecule has 3 aliphatic rings. The summed E-state index contributed by atoms with van der Waals surface area (Å²) in [4.78, 5) is 63.6. The number of hydrogen-bond donors (Lipinski definition) is 5. The number of benzene rings is 1. The number of phenolic OH excluding ortho intramolecular Hbond substituents is 1. The van der Waals surface area contributed by atoms with Crippen molar-refractivity contribution in [2.75, 3.05) is 6.61 Å². The Morgan fingerprint density at radius 1 is 1.15 bits per heavy atom. The maximum atomic E-state index is 13.2. The number of carboxylic acid groups (broad SMARTS) is 2. The fourth-order valence-corrected chi connectivity index (χ4v) is 6.95. The first-order valence-corrected chi connectivity index (χ1v) is 13.1. The summed E-state index contributed by atoms with van der Waals surface area (Å²) in [5, 5.41) is 30.6. The number of ether oxygens (including phenoxy) is 1. The number of phenols is 1. The summed E-state index contributed by atoms with van der Waals surface area (Å²) < 4.78 is 4.70. The second-order valence-electron chi connectivity index (χ2n) is 10.6. The summed E-state index contributed by atoms with van der Waals surface area (Å²) in [7, 11) is 0. The number of β-lactam (4-membered cyclic amide) rings is 1. The van der Waals surface area contributed by atoms with Gasteiger partial charge in [0.05, 0.1) is 5.92 Å². The van der Waals surface area contributed by atoms with Gasteiger partial charge in [-0.2, -0.15) is 0 Å². The van der Waals surface area contributed by atoms with Crippen molar-refractivity contribution in [1.82, 2.24) is 10.2 Å². The number of carboxylic acids is 2. The third kappa shape index (κ3) is 5.66. The lowest BCUT2D eigenvalue weighted by Crippen LogP contribution is -2.71. The molecule has 2 aliphatic heterocycles. The van der Waals surface area contributed by atoms with Crippen molar-refractivity contribution in [3.05, 3.63) is 29.8 Å². The first-order valence-electron chi connectivity index (χ1n) is 12.2. The quantitative estimate of drug-likeness (QED) is 0.217. The number of fused-ring (bicyclic) bond motifs is 1. The second kappa shape index (κ2) is 11.2. The Balaban J connectivity index is 0.00000420. The van der Waals surface area contributed by atoms with E-state index in [1.165, 1.54) is 40.9 Å². The summed E-state index contributed by atoms with van der Waals surface area (Å²) in [5.74, 6) is -4.54. The number of aromatic hydroxyl groups is 1. The van der Waals surface area contributed by atoms with Gasteiger partial charge in [0.2, 0.25) is 11.8 Å². The summed E-state index contributed by atoms with van der Waals surface area (Å²) in [6, 6.07) is 2.85. The van der Waals surface area contributed by atoms with Crippen molar-refractivity contribution in [3.8, 4) is 5.75 Å². The Kier molecular flexibility index (Phi) is 8.78. The highest BCUT2D eigenvalue weighted by Crippen LogP contribution is 2.51. The van der Waals surface area contributed by atoms with Crippen LogP contribution in [0.25, 0.3) is 0 Å². The number of nitrogens with zero attached hydrogens (tertiary/aromatic N) is 1. The highest BCUT2D eigenvalue weighted by Gasteiger charge is 2.64. The molecule has 14 heteroatoms. The molecular weight excluding hydrogens is 554 g/mol. The average molecular weight is 586 g/mol. The zero-order valence-electron chi connectivity index (χ0n) is 21.4. The molecule has 1 aliphatic carbocycles. The van der Waals surface area contributed by atoms with Gasteiger partial charge in [-0.1, -0.05) is 12.1 Å². The topological polar surface area (TPSA) is 197 Å². The largest absolute Gasteiger partial charge is 0.508 e. The van der Waals surface area contributed by atoms with Gasteiger partial charge in [-0.3, -0.25) is 19.2 Å². The number of nitrogens with two attached hydrogens (primary N) is 1. The lowest BCUT2D eigenvalue weighted by Gasteiger charge is -2.44. The van der Waals surface area contributed by atoms with Crippen molar-refractivity contribution in [2.45, 2.75) is 67.8 Å². The number of halogens is 1. The molecule has 0 spiro atoms. The van der Waals surface area contributed by atoms with Crippen molar-refractivity contribution in [2.24, 2.45) is 17.1 Å². The molecule has 0 bridgehead atoms. The lowest BCUT2D eigenvalue weighted by atomic mass is 9.71. The maximum Gasteiger partial charge on any atom is 0.330 e. The van der Waals surface area contributed by atoms with Crippen LogP contribution in [0.3, 0.4) is 0 Å². The molecule has 214 valence electrons. The van der Waals surface area contributed by atoms with Crippen LogP contribution in [0, 0.1) is 11.3 Å². The molecule has 2 heterocycles. The monoisotopic (exact) mass is 585 g/mol. The number of nitrogens with one attached hydrogen (secondary N) is 1. The van der Waals surface area contributed by atoms with E-state index < -0.39 is 75.9 Å². The third-order valence-corrected chi connectivity index (χ3v) is 9.30. The smallest absolute Gasteiger partial charge is 0.330 e. The minimum Gasteiger partial charge on any atom is -0.508 e. The molecule has 0 aromatic heterocycles. The van der Waals surface area contributed by atoms with Crippen LogP contribution in [0.5, 0.6) is 5.75 Å². The normalized spacial score (nSPS) is 29.7. The van der Waals surface area contributed by atoms with E-state index >= 15 is 0 Å². The first kappa shape index (κ1) is 30.5. The molecule has 3 fully saturated rings. The molecule has 2 amide bonds.